The number of sulfone groups is 1. The molecule has 0 atom stereocenters. The molecule has 0 aromatic heterocycles. The second-order valence-corrected chi connectivity index (χ2v) is 6.45. The Kier molecular flexibility index (Phi) is 5.26. The Hall–Kier alpha value is -0.760. The lowest BCUT2D eigenvalue weighted by atomic mass is 10.3. The van der Waals surface area contributed by atoms with Crippen LogP contribution in [0.15, 0.2) is 29.2 Å². The lowest BCUT2D eigenvalue weighted by molar-refractivity contribution is -0.0436. The minimum atomic E-state index is -5.27. The molecular formula is C11H13BrF3NO2S. The van der Waals surface area contributed by atoms with Crippen LogP contribution in [-0.4, -0.2) is 32.3 Å². The maximum Gasteiger partial charge on any atom is 0.501 e. The topological polar surface area (TPSA) is 37.4 Å². The summed E-state index contributed by atoms with van der Waals surface area (Å²) in [4.78, 5) is 1.18. The van der Waals surface area contributed by atoms with Crippen LogP contribution in [0.3, 0.4) is 0 Å². The van der Waals surface area contributed by atoms with Gasteiger partial charge in [-0.25, -0.2) is 8.42 Å². The zero-order valence-corrected chi connectivity index (χ0v) is 12.5. The number of halogens is 4. The summed E-state index contributed by atoms with van der Waals surface area (Å²) < 4.78 is 59.4. The van der Waals surface area contributed by atoms with Crippen LogP contribution >= 0.6 is 15.9 Å². The molecule has 0 spiro atoms. The lowest BCUT2D eigenvalue weighted by Gasteiger charge is -2.22. The van der Waals surface area contributed by atoms with Gasteiger partial charge in [0.05, 0.1) is 4.90 Å². The summed E-state index contributed by atoms with van der Waals surface area (Å²) in [5.74, 6) is 0. The van der Waals surface area contributed by atoms with Gasteiger partial charge in [-0.1, -0.05) is 15.9 Å². The zero-order chi connectivity index (χ0) is 14.7. The smallest absolute Gasteiger partial charge is 0.371 e. The first-order valence-corrected chi connectivity index (χ1v) is 8.06. The van der Waals surface area contributed by atoms with Crippen molar-refractivity contribution in [3.05, 3.63) is 24.3 Å². The molecule has 19 heavy (non-hydrogen) atoms. The molecule has 0 aliphatic carbocycles. The van der Waals surface area contributed by atoms with E-state index < -0.39 is 20.2 Å². The molecule has 1 rings (SSSR count). The summed E-state index contributed by atoms with van der Waals surface area (Å²) >= 11 is 3.27. The summed E-state index contributed by atoms with van der Waals surface area (Å²) in [6, 6.07) is 4.72. The molecule has 0 saturated heterocycles. The number of hydrogen-bond donors (Lipinski definition) is 0. The van der Waals surface area contributed by atoms with Gasteiger partial charge in [0.1, 0.15) is 0 Å². The minimum Gasteiger partial charge on any atom is -0.371 e. The molecule has 1 aromatic carbocycles. The first-order valence-electron chi connectivity index (χ1n) is 5.46. The first-order chi connectivity index (χ1) is 8.74. The Morgan fingerprint density at radius 2 is 1.74 bits per heavy atom. The van der Waals surface area contributed by atoms with E-state index in [1.54, 1.807) is 0 Å². The molecule has 0 aliphatic rings. The monoisotopic (exact) mass is 359 g/mol. The van der Waals surface area contributed by atoms with Gasteiger partial charge in [0, 0.05) is 24.1 Å². The van der Waals surface area contributed by atoms with E-state index in [0.29, 0.717) is 24.1 Å². The molecule has 0 heterocycles. The van der Waals surface area contributed by atoms with E-state index in [1.165, 1.54) is 12.1 Å². The molecule has 0 N–H and O–H groups in total. The lowest BCUT2D eigenvalue weighted by Crippen LogP contribution is -2.25. The van der Waals surface area contributed by atoms with Crippen molar-refractivity contribution in [3.63, 3.8) is 0 Å². The first kappa shape index (κ1) is 16.3. The minimum absolute atomic E-state index is 0.678. The number of alkyl halides is 4. The molecule has 108 valence electrons. The van der Waals surface area contributed by atoms with Gasteiger partial charge in [0.25, 0.3) is 9.84 Å². The molecule has 1 aromatic rings. The Labute approximate surface area is 118 Å². The zero-order valence-electron chi connectivity index (χ0n) is 10.1. The molecule has 0 bridgehead atoms. The van der Waals surface area contributed by atoms with E-state index in [2.05, 4.69) is 15.9 Å². The van der Waals surface area contributed by atoms with Crippen LogP contribution in [0.5, 0.6) is 0 Å². The van der Waals surface area contributed by atoms with E-state index in [-0.39, 0.29) is 0 Å². The highest BCUT2D eigenvalue weighted by Crippen LogP contribution is 2.31. The average molecular weight is 360 g/mol. The fraction of sp³-hybridized carbons (Fsp3) is 0.455. The molecule has 8 heteroatoms. The van der Waals surface area contributed by atoms with E-state index in [9.17, 15) is 21.6 Å². The number of hydrogen-bond acceptors (Lipinski definition) is 3. The van der Waals surface area contributed by atoms with Crippen LogP contribution in [0, 0.1) is 0 Å². The average Bonchev–Trinajstić information content (AvgIpc) is 2.35. The van der Waals surface area contributed by atoms with Crippen molar-refractivity contribution in [3.8, 4) is 0 Å². The van der Waals surface area contributed by atoms with Gasteiger partial charge in [-0.3, -0.25) is 0 Å². The summed E-state index contributed by atoms with van der Waals surface area (Å²) in [7, 11) is -5.27. The van der Waals surface area contributed by atoms with Crippen molar-refractivity contribution in [1.82, 2.24) is 0 Å². The normalized spacial score (nSPS) is 12.5. The molecule has 0 saturated carbocycles. The van der Waals surface area contributed by atoms with Crippen LogP contribution in [0.25, 0.3) is 0 Å². The van der Waals surface area contributed by atoms with Gasteiger partial charge >= 0.3 is 5.51 Å². The SMILES string of the molecule is CCN(CCBr)c1ccc(S(=O)(=O)C(F)(F)F)cc1. The molecule has 0 aliphatic heterocycles. The Bertz CT molecular complexity index is 514. The van der Waals surface area contributed by atoms with Crippen LogP contribution in [0.2, 0.25) is 0 Å². The fourth-order valence-corrected chi connectivity index (χ4v) is 2.73. The van der Waals surface area contributed by atoms with Crippen molar-refractivity contribution < 1.29 is 21.6 Å². The second kappa shape index (κ2) is 6.13. The van der Waals surface area contributed by atoms with E-state index in [4.69, 9.17) is 0 Å². The summed E-state index contributed by atoms with van der Waals surface area (Å²) in [5, 5.41) is 0.712. The number of nitrogens with zero attached hydrogens (tertiary/aromatic N) is 1. The van der Waals surface area contributed by atoms with E-state index in [1.807, 2.05) is 11.8 Å². The molecule has 0 radical (unpaired) electrons. The highest BCUT2D eigenvalue weighted by molar-refractivity contribution is 9.09. The quantitative estimate of drug-likeness (QED) is 0.757. The summed E-state index contributed by atoms with van der Waals surface area (Å²) in [5.41, 5.74) is -4.59. The van der Waals surface area contributed by atoms with Crippen LogP contribution in [0.4, 0.5) is 18.9 Å². The van der Waals surface area contributed by atoms with Crippen LogP contribution in [0.1, 0.15) is 6.92 Å². The highest BCUT2D eigenvalue weighted by Gasteiger charge is 2.46. The van der Waals surface area contributed by atoms with Gasteiger partial charge in [-0.05, 0) is 31.2 Å². The van der Waals surface area contributed by atoms with Gasteiger partial charge in [0.2, 0.25) is 0 Å². The Morgan fingerprint density at radius 1 is 1.21 bits per heavy atom. The van der Waals surface area contributed by atoms with Gasteiger partial charge in [-0.2, -0.15) is 13.2 Å². The van der Waals surface area contributed by atoms with Crippen molar-refractivity contribution in [2.75, 3.05) is 23.3 Å². The van der Waals surface area contributed by atoms with Crippen molar-refractivity contribution in [1.29, 1.82) is 0 Å². The second-order valence-electron chi connectivity index (χ2n) is 3.71. The van der Waals surface area contributed by atoms with E-state index in [0.717, 1.165) is 12.1 Å². The Morgan fingerprint density at radius 3 is 2.11 bits per heavy atom. The molecule has 0 unspecified atom stereocenters. The summed E-state index contributed by atoms with van der Waals surface area (Å²) in [6.45, 7) is 3.27. The molecule has 0 amide bonds. The largest absolute Gasteiger partial charge is 0.501 e. The number of rotatable bonds is 5. The fourth-order valence-electron chi connectivity index (χ4n) is 1.54. The maximum atomic E-state index is 12.4. The van der Waals surface area contributed by atoms with Crippen molar-refractivity contribution in [2.45, 2.75) is 17.3 Å². The third-order valence-corrected chi connectivity index (χ3v) is 4.41. The predicted molar refractivity (Wildman–Crippen MR) is 71.4 cm³/mol. The van der Waals surface area contributed by atoms with Crippen molar-refractivity contribution in [2.24, 2.45) is 0 Å². The third kappa shape index (κ3) is 3.62. The molecular weight excluding hydrogens is 347 g/mol. The number of anilines is 1. The summed E-state index contributed by atoms with van der Waals surface area (Å²) in [6.07, 6.45) is 0. The van der Waals surface area contributed by atoms with Gasteiger partial charge in [0.15, 0.2) is 0 Å². The highest BCUT2D eigenvalue weighted by atomic mass is 79.9. The maximum absolute atomic E-state index is 12.4. The standard InChI is InChI=1S/C11H13BrF3NO2S/c1-2-16(8-7-12)9-3-5-10(6-4-9)19(17,18)11(13,14)15/h3-6H,2,7-8H2,1H3. The third-order valence-electron chi connectivity index (χ3n) is 2.55. The molecule has 0 fully saturated rings. The van der Waals surface area contributed by atoms with E-state index >= 15 is 0 Å². The van der Waals surface area contributed by atoms with Crippen molar-refractivity contribution >= 4 is 31.5 Å². The predicted octanol–water partition coefficient (Wildman–Crippen LogP) is 3.20. The van der Waals surface area contributed by atoms with Gasteiger partial charge in [-0.15, -0.1) is 0 Å². The van der Waals surface area contributed by atoms with Gasteiger partial charge < -0.3 is 4.90 Å². The molecule has 3 nitrogen and oxygen atoms in total. The van der Waals surface area contributed by atoms with Crippen LogP contribution < -0.4 is 4.90 Å². The Balaban J connectivity index is 3.06. The number of benzene rings is 1. The van der Waals surface area contributed by atoms with Crippen LogP contribution in [-0.2, 0) is 9.84 Å².